The van der Waals surface area contributed by atoms with Gasteiger partial charge in [-0.3, -0.25) is 4.79 Å². The quantitative estimate of drug-likeness (QED) is 0.538. The number of β-amino-alcohol motifs (C(OH)–C–C–N with tert-alkyl or cyclic N) is 1. The average molecular weight is 256 g/mol. The van der Waals surface area contributed by atoms with Gasteiger partial charge in [0, 0.05) is 19.6 Å². The fourth-order valence-corrected chi connectivity index (χ4v) is 2.94. The van der Waals surface area contributed by atoms with E-state index in [0.29, 0.717) is 19.6 Å². The zero-order valence-electron chi connectivity index (χ0n) is 10.9. The summed E-state index contributed by atoms with van der Waals surface area (Å²) in [6, 6.07) is 0. The summed E-state index contributed by atoms with van der Waals surface area (Å²) in [6.45, 7) is 1.87. The second-order valence-electron chi connectivity index (χ2n) is 5.95. The minimum absolute atomic E-state index is 0.121. The second kappa shape index (κ2) is 5.55. The molecule has 1 aliphatic heterocycles. The Labute approximate surface area is 108 Å². The van der Waals surface area contributed by atoms with Gasteiger partial charge in [0.05, 0.1) is 17.6 Å². The van der Waals surface area contributed by atoms with Crippen molar-refractivity contribution in [3.8, 4) is 0 Å². The highest BCUT2D eigenvalue weighted by Crippen LogP contribution is 2.27. The molecule has 0 spiro atoms. The van der Waals surface area contributed by atoms with Gasteiger partial charge in [-0.25, -0.2) is 0 Å². The molecule has 2 rings (SSSR count). The predicted molar refractivity (Wildman–Crippen MR) is 68.5 cm³/mol. The van der Waals surface area contributed by atoms with Crippen molar-refractivity contribution in [1.82, 2.24) is 10.6 Å². The van der Waals surface area contributed by atoms with E-state index in [4.69, 9.17) is 5.11 Å². The Morgan fingerprint density at radius 1 is 1.17 bits per heavy atom. The molecule has 1 heterocycles. The van der Waals surface area contributed by atoms with Crippen LogP contribution in [-0.4, -0.2) is 47.0 Å². The molecule has 0 unspecified atom stereocenters. The summed E-state index contributed by atoms with van der Waals surface area (Å²) in [4.78, 5) is 10.9. The Bertz CT molecular complexity index is 295. The molecular formula is C13H24N2O3. The minimum atomic E-state index is -0.781. The van der Waals surface area contributed by atoms with Gasteiger partial charge in [-0.05, 0) is 12.8 Å². The van der Waals surface area contributed by atoms with Crippen molar-refractivity contribution < 1.29 is 15.0 Å². The summed E-state index contributed by atoms with van der Waals surface area (Å²) in [5.41, 5.74) is -0.995. The Balaban J connectivity index is 1.86. The molecule has 18 heavy (non-hydrogen) atoms. The van der Waals surface area contributed by atoms with Crippen LogP contribution in [0.1, 0.15) is 44.9 Å². The van der Waals surface area contributed by atoms with E-state index in [2.05, 4.69) is 10.6 Å². The maximum Gasteiger partial charge on any atom is 0.305 e. The first-order chi connectivity index (χ1) is 8.54. The number of aliphatic hydroxyl groups is 1. The van der Waals surface area contributed by atoms with Gasteiger partial charge in [0.1, 0.15) is 0 Å². The number of hydrogen-bond donors (Lipinski definition) is 4. The number of aliphatic carboxylic acids is 1. The van der Waals surface area contributed by atoms with Gasteiger partial charge in [-0.1, -0.05) is 25.7 Å². The molecule has 0 aromatic heterocycles. The summed E-state index contributed by atoms with van der Waals surface area (Å²) in [7, 11) is 0. The van der Waals surface area contributed by atoms with Gasteiger partial charge in [0.15, 0.2) is 0 Å². The highest BCUT2D eigenvalue weighted by atomic mass is 16.4. The second-order valence-corrected chi connectivity index (χ2v) is 5.95. The normalized spacial score (nSPS) is 26.1. The van der Waals surface area contributed by atoms with Crippen LogP contribution in [0, 0.1) is 0 Å². The van der Waals surface area contributed by atoms with Gasteiger partial charge in [0.25, 0.3) is 0 Å². The topological polar surface area (TPSA) is 81.6 Å². The van der Waals surface area contributed by atoms with Crippen LogP contribution in [0.2, 0.25) is 0 Å². The van der Waals surface area contributed by atoms with Crippen LogP contribution in [0.15, 0.2) is 0 Å². The Hall–Kier alpha value is -0.650. The lowest BCUT2D eigenvalue weighted by Gasteiger charge is -2.44. The molecule has 4 N–H and O–H groups in total. The first-order valence-electron chi connectivity index (χ1n) is 6.94. The maximum atomic E-state index is 10.9. The van der Waals surface area contributed by atoms with Crippen molar-refractivity contribution in [3.63, 3.8) is 0 Å². The Morgan fingerprint density at radius 2 is 1.78 bits per heavy atom. The third-order valence-electron chi connectivity index (χ3n) is 4.24. The fraction of sp³-hybridized carbons (Fsp3) is 0.923. The molecule has 0 aromatic rings. The lowest BCUT2D eigenvalue weighted by atomic mass is 9.86. The summed E-state index contributed by atoms with van der Waals surface area (Å²) in [5, 5.41) is 25.9. The molecule has 1 saturated carbocycles. The van der Waals surface area contributed by atoms with Crippen LogP contribution in [0.4, 0.5) is 0 Å². The maximum absolute atomic E-state index is 10.9. The SMILES string of the molecule is O=C(O)CC1(NCC2(O)CCCCCC2)CNC1. The van der Waals surface area contributed by atoms with Crippen molar-refractivity contribution in [1.29, 1.82) is 0 Å². The van der Waals surface area contributed by atoms with E-state index >= 15 is 0 Å². The summed E-state index contributed by atoms with van der Waals surface area (Å²) >= 11 is 0. The molecule has 0 bridgehead atoms. The molecule has 0 aromatic carbocycles. The first kappa shape index (κ1) is 13.8. The highest BCUT2D eigenvalue weighted by Gasteiger charge is 2.40. The van der Waals surface area contributed by atoms with E-state index in [1.165, 1.54) is 12.8 Å². The zero-order valence-corrected chi connectivity index (χ0v) is 10.9. The van der Waals surface area contributed by atoms with Gasteiger partial charge in [-0.2, -0.15) is 0 Å². The number of carboxylic acid groups (broad SMARTS) is 1. The summed E-state index contributed by atoms with van der Waals surface area (Å²) in [6.07, 6.45) is 6.32. The number of carboxylic acids is 1. The van der Waals surface area contributed by atoms with Crippen LogP contribution in [0.5, 0.6) is 0 Å². The number of rotatable bonds is 5. The van der Waals surface area contributed by atoms with Gasteiger partial charge >= 0.3 is 5.97 Å². The van der Waals surface area contributed by atoms with Crippen molar-refractivity contribution in [2.24, 2.45) is 0 Å². The van der Waals surface area contributed by atoms with Crippen LogP contribution in [-0.2, 0) is 4.79 Å². The van der Waals surface area contributed by atoms with Crippen LogP contribution < -0.4 is 10.6 Å². The molecule has 5 heteroatoms. The highest BCUT2D eigenvalue weighted by molar-refractivity contribution is 5.68. The zero-order chi connectivity index (χ0) is 13.1. The first-order valence-corrected chi connectivity index (χ1v) is 6.94. The summed E-state index contributed by atoms with van der Waals surface area (Å²) < 4.78 is 0. The predicted octanol–water partition coefficient (Wildman–Crippen LogP) is 0.478. The van der Waals surface area contributed by atoms with E-state index in [-0.39, 0.29) is 12.0 Å². The molecule has 0 radical (unpaired) electrons. The minimum Gasteiger partial charge on any atom is -0.481 e. The molecule has 0 amide bonds. The van der Waals surface area contributed by atoms with Crippen molar-refractivity contribution >= 4 is 5.97 Å². The van der Waals surface area contributed by atoms with E-state index < -0.39 is 11.6 Å². The summed E-state index contributed by atoms with van der Waals surface area (Å²) in [5.74, 6) is -0.781. The molecule has 2 aliphatic rings. The van der Waals surface area contributed by atoms with Crippen LogP contribution in [0.3, 0.4) is 0 Å². The van der Waals surface area contributed by atoms with Gasteiger partial charge in [0.2, 0.25) is 0 Å². The molecule has 5 nitrogen and oxygen atoms in total. The van der Waals surface area contributed by atoms with Crippen LogP contribution >= 0.6 is 0 Å². The third kappa shape index (κ3) is 3.43. The lowest BCUT2D eigenvalue weighted by Crippen LogP contribution is -2.70. The Morgan fingerprint density at radius 3 is 2.22 bits per heavy atom. The van der Waals surface area contributed by atoms with E-state index in [1.807, 2.05) is 0 Å². The van der Waals surface area contributed by atoms with Crippen molar-refractivity contribution in [3.05, 3.63) is 0 Å². The van der Waals surface area contributed by atoms with E-state index in [1.54, 1.807) is 0 Å². The standard InChI is InChI=1S/C13H24N2O3/c16-11(17)7-12(8-14-9-12)15-10-13(18)5-3-1-2-4-6-13/h14-15,18H,1-10H2,(H,16,17). The van der Waals surface area contributed by atoms with Crippen molar-refractivity contribution in [2.45, 2.75) is 56.1 Å². The molecule has 1 saturated heterocycles. The van der Waals surface area contributed by atoms with E-state index in [9.17, 15) is 9.90 Å². The lowest BCUT2D eigenvalue weighted by molar-refractivity contribution is -0.139. The van der Waals surface area contributed by atoms with E-state index in [0.717, 1.165) is 25.7 Å². The van der Waals surface area contributed by atoms with Gasteiger partial charge in [-0.15, -0.1) is 0 Å². The molecule has 2 fully saturated rings. The smallest absolute Gasteiger partial charge is 0.305 e. The van der Waals surface area contributed by atoms with Crippen LogP contribution in [0.25, 0.3) is 0 Å². The fourth-order valence-electron chi connectivity index (χ4n) is 2.94. The van der Waals surface area contributed by atoms with Gasteiger partial charge < -0.3 is 20.8 Å². The molecular weight excluding hydrogens is 232 g/mol. The molecule has 1 aliphatic carbocycles. The third-order valence-corrected chi connectivity index (χ3v) is 4.24. The molecule has 104 valence electrons. The monoisotopic (exact) mass is 256 g/mol. The number of nitrogens with one attached hydrogen (secondary N) is 2. The van der Waals surface area contributed by atoms with Crippen molar-refractivity contribution in [2.75, 3.05) is 19.6 Å². The largest absolute Gasteiger partial charge is 0.481 e. The number of carbonyl (C=O) groups is 1. The number of hydrogen-bond acceptors (Lipinski definition) is 4. The molecule has 0 atom stereocenters. The Kier molecular flexibility index (Phi) is 4.25. The average Bonchev–Trinajstić information content (AvgIpc) is 2.47.